The Hall–Kier alpha value is -2.52. The van der Waals surface area contributed by atoms with Gasteiger partial charge in [0.15, 0.2) is 0 Å². The number of nitrogens with one attached hydrogen (secondary N) is 1. The first-order valence-electron chi connectivity index (χ1n) is 12.9. The zero-order chi connectivity index (χ0) is 27.1. The summed E-state index contributed by atoms with van der Waals surface area (Å²) in [7, 11) is 0. The van der Waals surface area contributed by atoms with Crippen LogP contribution in [0.3, 0.4) is 0 Å². The number of rotatable bonds is 5. The molecule has 0 aromatic heterocycles. The highest BCUT2D eigenvalue weighted by Crippen LogP contribution is 2.53. The summed E-state index contributed by atoms with van der Waals surface area (Å²) in [5.74, 6) is 0.214. The van der Waals surface area contributed by atoms with Crippen LogP contribution in [0.2, 0.25) is 5.02 Å². The van der Waals surface area contributed by atoms with Gasteiger partial charge in [-0.25, -0.2) is 4.79 Å². The van der Waals surface area contributed by atoms with E-state index >= 15 is 0 Å². The van der Waals surface area contributed by atoms with Crippen molar-refractivity contribution in [3.8, 4) is 5.75 Å². The number of piperidine rings is 1. The van der Waals surface area contributed by atoms with E-state index in [4.69, 9.17) is 31.5 Å². The van der Waals surface area contributed by atoms with Gasteiger partial charge in [0.05, 0.1) is 12.2 Å². The van der Waals surface area contributed by atoms with Crippen LogP contribution < -0.4 is 15.8 Å². The maximum atomic E-state index is 13.5. The molecular formula is C27H38ClN3O6. The number of benzene rings is 1. The molecule has 0 unspecified atom stereocenters. The minimum absolute atomic E-state index is 0.00563. The van der Waals surface area contributed by atoms with Crippen molar-refractivity contribution in [3.05, 3.63) is 28.8 Å². The number of nitrogens with two attached hydrogens (primary N) is 1. The molecule has 10 heteroatoms. The maximum Gasteiger partial charge on any atom is 0.408 e. The van der Waals surface area contributed by atoms with E-state index in [1.807, 2.05) is 18.2 Å². The number of carbonyl (C=O) groups is 3. The van der Waals surface area contributed by atoms with Gasteiger partial charge in [-0.3, -0.25) is 9.59 Å². The predicted molar refractivity (Wildman–Crippen MR) is 138 cm³/mol. The molecular weight excluding hydrogens is 498 g/mol. The second-order valence-electron chi connectivity index (χ2n) is 11.9. The monoisotopic (exact) mass is 535 g/mol. The Morgan fingerprint density at radius 1 is 1.30 bits per heavy atom. The molecule has 3 heterocycles. The van der Waals surface area contributed by atoms with Crippen LogP contribution in [-0.2, 0) is 19.1 Å². The lowest BCUT2D eigenvalue weighted by molar-refractivity contribution is -0.189. The van der Waals surface area contributed by atoms with Gasteiger partial charge in [-0.1, -0.05) is 11.6 Å². The van der Waals surface area contributed by atoms with Crippen molar-refractivity contribution in [2.45, 2.75) is 89.8 Å². The highest BCUT2D eigenvalue weighted by atomic mass is 35.5. The molecule has 2 saturated heterocycles. The largest absolute Gasteiger partial charge is 0.487 e. The van der Waals surface area contributed by atoms with Gasteiger partial charge in [-0.15, -0.1) is 0 Å². The maximum absolute atomic E-state index is 13.5. The van der Waals surface area contributed by atoms with Crippen molar-refractivity contribution in [3.63, 3.8) is 0 Å². The van der Waals surface area contributed by atoms with Crippen molar-refractivity contribution >= 4 is 29.5 Å². The van der Waals surface area contributed by atoms with Gasteiger partial charge in [0.1, 0.15) is 23.0 Å². The molecule has 3 amide bonds. The number of amides is 3. The standard InChI is InChI=1S/C27H38ClN3O6/c1-26(2,3)37-25(34)30-19(7-9-22(29)32)24(33)31-11-10-20-15(14-31)12-18-23(35-20)17-13-16(28)6-8-21(17)36-27(18,4)5/h6,8,13,15,18-20,23H,7,9-12,14H2,1-5H3,(H2,29,32)(H,30,34)/t15-,18+,19+,20+,23-/m1/s1. The average molecular weight is 536 g/mol. The first-order valence-corrected chi connectivity index (χ1v) is 13.3. The zero-order valence-corrected chi connectivity index (χ0v) is 23.0. The van der Waals surface area contributed by atoms with E-state index in [0.717, 1.165) is 17.7 Å². The smallest absolute Gasteiger partial charge is 0.408 e. The first kappa shape index (κ1) is 27.5. The van der Waals surface area contributed by atoms with Crippen LogP contribution in [0.4, 0.5) is 4.79 Å². The molecule has 204 valence electrons. The Labute approximate surface area is 223 Å². The SMILES string of the molecule is CC(C)(C)OC(=O)N[C@@H](CCC(N)=O)C(=O)N1CC[C@@H]2O[C@@H]3c4cc(Cl)ccc4OC(C)(C)[C@H]3C[C@@H]2C1. The summed E-state index contributed by atoms with van der Waals surface area (Å²) in [6.07, 6.45) is 0.749. The zero-order valence-electron chi connectivity index (χ0n) is 22.2. The summed E-state index contributed by atoms with van der Waals surface area (Å²) in [6, 6.07) is 4.75. The van der Waals surface area contributed by atoms with Crippen LogP contribution in [0.1, 0.15) is 72.0 Å². The minimum Gasteiger partial charge on any atom is -0.487 e. The Balaban J connectivity index is 1.48. The van der Waals surface area contributed by atoms with Gasteiger partial charge >= 0.3 is 6.09 Å². The third-order valence-electron chi connectivity index (χ3n) is 7.43. The molecule has 2 fully saturated rings. The lowest BCUT2D eigenvalue weighted by atomic mass is 9.70. The Morgan fingerprint density at radius 3 is 2.70 bits per heavy atom. The molecule has 9 nitrogen and oxygen atoms in total. The van der Waals surface area contributed by atoms with E-state index in [9.17, 15) is 14.4 Å². The number of hydrogen-bond acceptors (Lipinski definition) is 6. The van der Waals surface area contributed by atoms with Crippen molar-refractivity contribution < 1.29 is 28.6 Å². The van der Waals surface area contributed by atoms with E-state index in [0.29, 0.717) is 24.5 Å². The van der Waals surface area contributed by atoms with Crippen LogP contribution in [-0.4, -0.2) is 59.2 Å². The van der Waals surface area contributed by atoms with Gasteiger partial charge in [0, 0.05) is 41.9 Å². The summed E-state index contributed by atoms with van der Waals surface area (Å²) in [6.45, 7) is 10.4. The van der Waals surface area contributed by atoms with E-state index in [2.05, 4.69) is 19.2 Å². The van der Waals surface area contributed by atoms with Gasteiger partial charge in [-0.05, 0) is 72.1 Å². The predicted octanol–water partition coefficient (Wildman–Crippen LogP) is 3.96. The third kappa shape index (κ3) is 6.32. The van der Waals surface area contributed by atoms with Gasteiger partial charge in [-0.2, -0.15) is 0 Å². The van der Waals surface area contributed by atoms with Crippen molar-refractivity contribution in [1.29, 1.82) is 0 Å². The number of fused-ring (bicyclic) bond motifs is 4. The Morgan fingerprint density at radius 2 is 2.03 bits per heavy atom. The van der Waals surface area contributed by atoms with Crippen LogP contribution in [0.5, 0.6) is 5.75 Å². The molecule has 3 N–H and O–H groups in total. The van der Waals surface area contributed by atoms with Crippen LogP contribution >= 0.6 is 11.6 Å². The second-order valence-corrected chi connectivity index (χ2v) is 12.3. The molecule has 5 atom stereocenters. The van der Waals surface area contributed by atoms with Crippen molar-refractivity contribution in [1.82, 2.24) is 10.2 Å². The lowest BCUT2D eigenvalue weighted by Gasteiger charge is -2.53. The van der Waals surface area contributed by atoms with Gasteiger partial charge in [0.25, 0.3) is 0 Å². The first-order chi connectivity index (χ1) is 17.2. The highest BCUT2D eigenvalue weighted by molar-refractivity contribution is 6.30. The van der Waals surface area contributed by atoms with E-state index < -0.39 is 29.2 Å². The third-order valence-corrected chi connectivity index (χ3v) is 7.67. The summed E-state index contributed by atoms with van der Waals surface area (Å²) < 4.78 is 18.4. The van der Waals surface area contributed by atoms with E-state index in [-0.39, 0.29) is 42.8 Å². The number of ether oxygens (including phenoxy) is 3. The van der Waals surface area contributed by atoms with Crippen molar-refractivity contribution in [2.24, 2.45) is 17.6 Å². The molecule has 0 radical (unpaired) electrons. The fraction of sp³-hybridized carbons (Fsp3) is 0.667. The molecule has 0 aliphatic carbocycles. The molecule has 0 saturated carbocycles. The number of hydrogen-bond donors (Lipinski definition) is 2. The number of alkyl carbamates (subject to hydrolysis) is 1. The molecule has 0 spiro atoms. The molecule has 37 heavy (non-hydrogen) atoms. The summed E-state index contributed by atoms with van der Waals surface area (Å²) in [5, 5.41) is 3.29. The molecule has 0 bridgehead atoms. The molecule has 1 aromatic carbocycles. The van der Waals surface area contributed by atoms with Crippen LogP contribution in [0.25, 0.3) is 0 Å². The average Bonchev–Trinajstić information content (AvgIpc) is 2.79. The fourth-order valence-corrected chi connectivity index (χ4v) is 5.88. The van der Waals surface area contributed by atoms with Gasteiger partial charge in [0.2, 0.25) is 11.8 Å². The van der Waals surface area contributed by atoms with Crippen LogP contribution in [0.15, 0.2) is 18.2 Å². The van der Waals surface area contributed by atoms with E-state index in [1.165, 1.54) is 0 Å². The van der Waals surface area contributed by atoms with Crippen molar-refractivity contribution in [2.75, 3.05) is 13.1 Å². The summed E-state index contributed by atoms with van der Waals surface area (Å²) in [5.41, 5.74) is 5.13. The topological polar surface area (TPSA) is 120 Å². The lowest BCUT2D eigenvalue weighted by Crippen LogP contribution is -2.58. The molecule has 3 aliphatic rings. The number of carbonyl (C=O) groups excluding carboxylic acids is 3. The highest BCUT2D eigenvalue weighted by Gasteiger charge is 2.52. The molecule has 4 rings (SSSR count). The second kappa shape index (κ2) is 10.3. The van der Waals surface area contributed by atoms with Crippen LogP contribution in [0, 0.1) is 11.8 Å². The van der Waals surface area contributed by atoms with E-state index in [1.54, 1.807) is 25.7 Å². The quantitative estimate of drug-likeness (QED) is 0.588. The molecule has 1 aromatic rings. The number of nitrogens with zero attached hydrogens (tertiary/aromatic N) is 1. The normalized spacial score (nSPS) is 27.0. The Kier molecular flexibility index (Phi) is 7.68. The minimum atomic E-state index is -0.903. The fourth-order valence-electron chi connectivity index (χ4n) is 5.70. The summed E-state index contributed by atoms with van der Waals surface area (Å²) in [4.78, 5) is 39.1. The number of primary amides is 1. The summed E-state index contributed by atoms with van der Waals surface area (Å²) >= 11 is 6.29. The van der Waals surface area contributed by atoms with Gasteiger partial charge < -0.3 is 30.2 Å². The Bertz CT molecular complexity index is 1060. The molecule has 3 aliphatic heterocycles. The number of likely N-dealkylation sites (tertiary alicyclic amines) is 1. The number of halogens is 1.